The largest absolute Gasteiger partial charge is 0.491 e. The molecule has 1 aromatic rings. The molecule has 0 amide bonds. The summed E-state index contributed by atoms with van der Waals surface area (Å²) in [7, 11) is 1.28. The highest BCUT2D eigenvalue weighted by molar-refractivity contribution is 5.85. The quantitative estimate of drug-likeness (QED) is 0.884. The van der Waals surface area contributed by atoms with Crippen LogP contribution >= 0.6 is 24.8 Å². The fourth-order valence-electron chi connectivity index (χ4n) is 3.75. The number of rotatable bonds is 3. The average molecular weight is 369 g/mol. The number of piperidine rings is 1. The number of likely N-dealkylation sites (tertiary alicyclic amines) is 1. The third-order valence-electron chi connectivity index (χ3n) is 4.74. The lowest BCUT2D eigenvalue weighted by molar-refractivity contribution is 0.0976. The molecule has 2 saturated heterocycles. The lowest BCUT2D eigenvalue weighted by atomic mass is 9.79. The molecule has 0 saturated carbocycles. The molecule has 0 radical (unpaired) electrons. The molecule has 1 spiro atoms. The first-order chi connectivity index (χ1) is 10.1. The van der Waals surface area contributed by atoms with Crippen molar-refractivity contribution >= 4 is 24.8 Å². The summed E-state index contributed by atoms with van der Waals surface area (Å²) in [6.07, 6.45) is 3.61. The molecule has 1 atom stereocenters. The number of hydrogen-bond acceptors (Lipinski definition) is 3. The van der Waals surface area contributed by atoms with Crippen LogP contribution in [-0.4, -0.2) is 38.2 Å². The van der Waals surface area contributed by atoms with Gasteiger partial charge in [0.1, 0.15) is 0 Å². The normalized spacial score (nSPS) is 24.1. The predicted molar refractivity (Wildman–Crippen MR) is 91.8 cm³/mol. The first-order valence-electron chi connectivity index (χ1n) is 7.57. The average Bonchev–Trinajstić information content (AvgIpc) is 2.86. The molecule has 2 aliphatic rings. The van der Waals surface area contributed by atoms with E-state index in [-0.39, 0.29) is 30.6 Å². The van der Waals surface area contributed by atoms with Crippen LogP contribution in [-0.2, 0) is 6.54 Å². The van der Waals surface area contributed by atoms with Crippen molar-refractivity contribution in [2.24, 2.45) is 5.41 Å². The Hall–Kier alpha value is -0.620. The van der Waals surface area contributed by atoms with Crippen LogP contribution in [0.5, 0.6) is 5.75 Å². The Labute approximate surface area is 148 Å². The van der Waals surface area contributed by atoms with Crippen LogP contribution in [0.2, 0.25) is 0 Å². The van der Waals surface area contributed by atoms with Crippen molar-refractivity contribution in [1.29, 1.82) is 0 Å². The van der Waals surface area contributed by atoms with Crippen LogP contribution in [0.25, 0.3) is 0 Å². The molecule has 2 aliphatic heterocycles. The fourth-order valence-corrected chi connectivity index (χ4v) is 3.75. The maximum atomic E-state index is 13.8. The molecule has 0 aromatic heterocycles. The van der Waals surface area contributed by atoms with Gasteiger partial charge in [0.15, 0.2) is 17.4 Å². The smallest absolute Gasteiger partial charge is 0.190 e. The zero-order chi connectivity index (χ0) is 14.9. The molecule has 1 N–H and O–H groups in total. The minimum atomic E-state index is -0.623. The maximum Gasteiger partial charge on any atom is 0.190 e. The van der Waals surface area contributed by atoms with Crippen LogP contribution in [0.1, 0.15) is 24.8 Å². The number of ether oxygens (including phenoxy) is 1. The summed E-state index contributed by atoms with van der Waals surface area (Å²) < 4.78 is 32.3. The molecule has 132 valence electrons. The van der Waals surface area contributed by atoms with Crippen molar-refractivity contribution in [3.05, 3.63) is 29.3 Å². The Bertz CT molecular complexity index is 502. The predicted octanol–water partition coefficient (Wildman–Crippen LogP) is 3.39. The molecular formula is C16H24Cl2F2N2O. The Morgan fingerprint density at radius 2 is 1.91 bits per heavy atom. The van der Waals surface area contributed by atoms with E-state index in [1.807, 2.05) is 0 Å². The summed E-state index contributed by atoms with van der Waals surface area (Å²) in [5, 5.41) is 3.44. The van der Waals surface area contributed by atoms with E-state index in [0.29, 0.717) is 17.5 Å². The van der Waals surface area contributed by atoms with E-state index in [9.17, 15) is 8.78 Å². The zero-order valence-electron chi connectivity index (χ0n) is 13.2. The van der Waals surface area contributed by atoms with Crippen molar-refractivity contribution in [1.82, 2.24) is 10.2 Å². The summed E-state index contributed by atoms with van der Waals surface area (Å²) in [6.45, 7) is 4.75. The molecule has 0 aliphatic carbocycles. The third kappa shape index (κ3) is 4.47. The van der Waals surface area contributed by atoms with E-state index >= 15 is 0 Å². The molecule has 2 heterocycles. The highest BCUT2D eigenvalue weighted by atomic mass is 35.5. The molecule has 2 fully saturated rings. The molecule has 0 bridgehead atoms. The van der Waals surface area contributed by atoms with Gasteiger partial charge in [0.05, 0.1) is 7.11 Å². The second-order valence-corrected chi connectivity index (χ2v) is 6.33. The molecule has 1 unspecified atom stereocenters. The number of benzene rings is 1. The van der Waals surface area contributed by atoms with Crippen LogP contribution in [0.3, 0.4) is 0 Å². The first-order valence-corrected chi connectivity index (χ1v) is 7.57. The summed E-state index contributed by atoms with van der Waals surface area (Å²) in [5.41, 5.74) is 1.04. The van der Waals surface area contributed by atoms with Gasteiger partial charge in [-0.15, -0.1) is 24.8 Å². The molecule has 3 nitrogen and oxygen atoms in total. The van der Waals surface area contributed by atoms with E-state index in [4.69, 9.17) is 4.74 Å². The Morgan fingerprint density at radius 3 is 2.48 bits per heavy atom. The minimum Gasteiger partial charge on any atom is -0.491 e. The van der Waals surface area contributed by atoms with E-state index in [2.05, 4.69) is 10.2 Å². The standard InChI is InChI=1S/C16H22F2N2O.2ClH/c1-21-15-13(17)7-12(8-14(15)18)9-20-6-2-3-16(11-20)4-5-19-10-16;;/h7-8,19H,2-6,9-11H2,1H3;2*1H. The van der Waals surface area contributed by atoms with Gasteiger partial charge in [0.25, 0.3) is 0 Å². The monoisotopic (exact) mass is 368 g/mol. The van der Waals surface area contributed by atoms with E-state index in [1.165, 1.54) is 32.1 Å². The number of nitrogens with one attached hydrogen (secondary N) is 1. The zero-order valence-corrected chi connectivity index (χ0v) is 14.9. The van der Waals surface area contributed by atoms with Crippen molar-refractivity contribution in [2.75, 3.05) is 33.3 Å². The lowest BCUT2D eigenvalue weighted by Crippen LogP contribution is -2.44. The lowest BCUT2D eigenvalue weighted by Gasteiger charge is -2.40. The van der Waals surface area contributed by atoms with Crippen molar-refractivity contribution in [2.45, 2.75) is 25.8 Å². The van der Waals surface area contributed by atoms with Crippen LogP contribution in [0, 0.1) is 17.0 Å². The summed E-state index contributed by atoms with van der Waals surface area (Å²) >= 11 is 0. The van der Waals surface area contributed by atoms with Crippen LogP contribution < -0.4 is 10.1 Å². The van der Waals surface area contributed by atoms with Crippen molar-refractivity contribution < 1.29 is 13.5 Å². The Kier molecular flexibility index (Phi) is 7.52. The van der Waals surface area contributed by atoms with Gasteiger partial charge >= 0.3 is 0 Å². The van der Waals surface area contributed by atoms with Crippen LogP contribution in [0.15, 0.2) is 12.1 Å². The minimum absolute atomic E-state index is 0. The second kappa shape index (κ2) is 8.47. The van der Waals surface area contributed by atoms with E-state index in [0.717, 1.165) is 32.6 Å². The molecule has 7 heteroatoms. The number of halogens is 4. The van der Waals surface area contributed by atoms with Crippen LogP contribution in [0.4, 0.5) is 8.78 Å². The van der Waals surface area contributed by atoms with Gasteiger partial charge in [0.2, 0.25) is 0 Å². The number of nitrogens with zero attached hydrogens (tertiary/aromatic N) is 1. The molecule has 3 rings (SSSR count). The van der Waals surface area contributed by atoms with Gasteiger partial charge in [-0.1, -0.05) is 0 Å². The highest BCUT2D eigenvalue weighted by Crippen LogP contribution is 2.36. The fraction of sp³-hybridized carbons (Fsp3) is 0.625. The van der Waals surface area contributed by atoms with Gasteiger partial charge in [-0.3, -0.25) is 4.90 Å². The van der Waals surface area contributed by atoms with Crippen molar-refractivity contribution in [3.8, 4) is 5.75 Å². The summed E-state index contributed by atoms with van der Waals surface area (Å²) in [5.74, 6) is -1.54. The van der Waals surface area contributed by atoms with E-state index in [1.54, 1.807) is 0 Å². The maximum absolute atomic E-state index is 13.8. The SMILES string of the molecule is COc1c(F)cc(CN2CCCC3(CCNC3)C2)cc1F.Cl.Cl. The Balaban J connectivity index is 0.00000132. The van der Waals surface area contributed by atoms with Gasteiger partial charge in [-0.2, -0.15) is 0 Å². The van der Waals surface area contributed by atoms with Gasteiger partial charge in [0, 0.05) is 19.6 Å². The van der Waals surface area contributed by atoms with Gasteiger partial charge < -0.3 is 10.1 Å². The Morgan fingerprint density at radius 1 is 1.22 bits per heavy atom. The third-order valence-corrected chi connectivity index (χ3v) is 4.74. The summed E-state index contributed by atoms with van der Waals surface area (Å²) in [4.78, 5) is 2.32. The second-order valence-electron chi connectivity index (χ2n) is 6.33. The van der Waals surface area contributed by atoms with E-state index < -0.39 is 11.6 Å². The van der Waals surface area contributed by atoms with Gasteiger partial charge in [-0.25, -0.2) is 8.78 Å². The molecular weight excluding hydrogens is 345 g/mol. The highest BCUT2D eigenvalue weighted by Gasteiger charge is 2.37. The van der Waals surface area contributed by atoms with Gasteiger partial charge in [-0.05, 0) is 55.5 Å². The topological polar surface area (TPSA) is 24.5 Å². The van der Waals surface area contributed by atoms with Crippen molar-refractivity contribution in [3.63, 3.8) is 0 Å². The number of hydrogen-bond donors (Lipinski definition) is 1. The summed E-state index contributed by atoms with van der Waals surface area (Å²) in [6, 6.07) is 2.77. The molecule has 23 heavy (non-hydrogen) atoms. The number of methoxy groups -OCH3 is 1. The molecule has 1 aromatic carbocycles. The first kappa shape index (κ1) is 20.4.